The van der Waals surface area contributed by atoms with Gasteiger partial charge in [-0.2, -0.15) is 0 Å². The molecule has 0 unspecified atom stereocenters. The maximum absolute atomic E-state index is 11.5. The SMILES string of the molecule is CC(C)OC(=O)CCc1ccc(NCCC#CCc2cccs2)cc1. The van der Waals surface area contributed by atoms with Gasteiger partial charge >= 0.3 is 5.97 Å². The van der Waals surface area contributed by atoms with Gasteiger partial charge in [0.25, 0.3) is 0 Å². The number of rotatable bonds is 8. The first kappa shape index (κ1) is 19.1. The zero-order valence-electron chi connectivity index (χ0n) is 14.9. The second-order valence-corrected chi connectivity index (χ2v) is 7.05. The van der Waals surface area contributed by atoms with Crippen molar-refractivity contribution in [3.63, 3.8) is 0 Å². The van der Waals surface area contributed by atoms with E-state index < -0.39 is 0 Å². The van der Waals surface area contributed by atoms with Crippen LogP contribution in [0.25, 0.3) is 0 Å². The van der Waals surface area contributed by atoms with E-state index in [1.807, 2.05) is 38.1 Å². The average molecular weight is 356 g/mol. The molecule has 0 spiro atoms. The van der Waals surface area contributed by atoms with Crippen molar-refractivity contribution >= 4 is 23.0 Å². The molecule has 0 aliphatic carbocycles. The monoisotopic (exact) mass is 355 g/mol. The molecular formula is C21H25NO2S. The second-order valence-electron chi connectivity index (χ2n) is 6.02. The van der Waals surface area contributed by atoms with Crippen molar-refractivity contribution in [2.45, 2.75) is 45.6 Å². The van der Waals surface area contributed by atoms with Gasteiger partial charge in [-0.15, -0.1) is 17.3 Å². The van der Waals surface area contributed by atoms with Crippen LogP contribution in [0.15, 0.2) is 41.8 Å². The molecule has 132 valence electrons. The fraction of sp³-hybridized carbons (Fsp3) is 0.381. The Morgan fingerprint density at radius 2 is 2.00 bits per heavy atom. The van der Waals surface area contributed by atoms with E-state index in [1.54, 1.807) is 11.3 Å². The number of carbonyl (C=O) groups is 1. The standard InChI is InChI=1S/C21H25NO2S/c1-17(2)24-21(23)14-11-18-9-12-19(13-10-18)22-15-5-3-4-7-20-8-6-16-25-20/h6,8-10,12-13,16-17,22H,5,7,11,14-15H2,1-2H3. The number of nitrogens with one attached hydrogen (secondary N) is 1. The predicted octanol–water partition coefficient (Wildman–Crippen LogP) is 4.68. The summed E-state index contributed by atoms with van der Waals surface area (Å²) in [5, 5.41) is 5.44. The third-order valence-corrected chi connectivity index (χ3v) is 4.36. The first-order valence-corrected chi connectivity index (χ1v) is 9.52. The van der Waals surface area contributed by atoms with Gasteiger partial charge in [-0.25, -0.2) is 0 Å². The highest BCUT2D eigenvalue weighted by molar-refractivity contribution is 7.09. The summed E-state index contributed by atoms with van der Waals surface area (Å²) in [5.41, 5.74) is 2.22. The Bertz CT molecular complexity index is 694. The van der Waals surface area contributed by atoms with Crippen molar-refractivity contribution in [1.82, 2.24) is 0 Å². The van der Waals surface area contributed by atoms with Crippen LogP contribution in [0, 0.1) is 11.8 Å². The van der Waals surface area contributed by atoms with Crippen LogP contribution in [0.4, 0.5) is 5.69 Å². The molecule has 25 heavy (non-hydrogen) atoms. The molecule has 0 radical (unpaired) electrons. The lowest BCUT2D eigenvalue weighted by Gasteiger charge is -2.08. The zero-order valence-corrected chi connectivity index (χ0v) is 15.7. The molecular weight excluding hydrogens is 330 g/mol. The van der Waals surface area contributed by atoms with Gasteiger partial charge in [-0.3, -0.25) is 4.79 Å². The van der Waals surface area contributed by atoms with E-state index in [2.05, 4.69) is 34.7 Å². The Kier molecular flexibility index (Phi) is 8.08. The summed E-state index contributed by atoms with van der Waals surface area (Å²) >= 11 is 1.75. The van der Waals surface area contributed by atoms with Crippen molar-refractivity contribution in [3.05, 3.63) is 52.2 Å². The minimum absolute atomic E-state index is 0.0486. The van der Waals surface area contributed by atoms with Gasteiger partial charge in [-0.05, 0) is 49.4 Å². The van der Waals surface area contributed by atoms with Crippen LogP contribution >= 0.6 is 11.3 Å². The van der Waals surface area contributed by atoms with Gasteiger partial charge in [-0.1, -0.05) is 24.1 Å². The van der Waals surface area contributed by atoms with Gasteiger partial charge in [0.05, 0.1) is 6.10 Å². The molecule has 4 heteroatoms. The zero-order chi connectivity index (χ0) is 17.9. The van der Waals surface area contributed by atoms with Gasteiger partial charge in [0.1, 0.15) is 0 Å². The predicted molar refractivity (Wildman–Crippen MR) is 105 cm³/mol. The normalized spacial score (nSPS) is 10.2. The number of benzene rings is 1. The third-order valence-electron chi connectivity index (χ3n) is 3.49. The topological polar surface area (TPSA) is 38.3 Å². The summed E-state index contributed by atoms with van der Waals surface area (Å²) in [7, 11) is 0. The number of hydrogen-bond donors (Lipinski definition) is 1. The smallest absolute Gasteiger partial charge is 0.306 e. The molecule has 0 aliphatic rings. The quantitative estimate of drug-likeness (QED) is 0.424. The molecule has 1 heterocycles. The fourth-order valence-electron chi connectivity index (χ4n) is 2.28. The minimum atomic E-state index is -0.140. The molecule has 1 N–H and O–H groups in total. The Balaban J connectivity index is 1.64. The molecule has 2 rings (SSSR count). The molecule has 0 bridgehead atoms. The first-order valence-electron chi connectivity index (χ1n) is 8.64. The van der Waals surface area contributed by atoms with E-state index in [-0.39, 0.29) is 12.1 Å². The lowest BCUT2D eigenvalue weighted by atomic mass is 10.1. The van der Waals surface area contributed by atoms with E-state index in [9.17, 15) is 4.79 Å². The van der Waals surface area contributed by atoms with Gasteiger partial charge in [0.15, 0.2) is 0 Å². The van der Waals surface area contributed by atoms with E-state index in [4.69, 9.17) is 4.74 Å². The molecule has 2 aromatic rings. The van der Waals surface area contributed by atoms with E-state index >= 15 is 0 Å². The average Bonchev–Trinajstić information content (AvgIpc) is 3.10. The van der Waals surface area contributed by atoms with Crippen molar-refractivity contribution in [2.24, 2.45) is 0 Å². The Labute approximate surface area is 154 Å². The number of ether oxygens (including phenoxy) is 1. The number of aryl methyl sites for hydroxylation is 1. The van der Waals surface area contributed by atoms with Crippen molar-refractivity contribution in [3.8, 4) is 11.8 Å². The van der Waals surface area contributed by atoms with E-state index in [1.165, 1.54) is 4.88 Å². The molecule has 1 aromatic heterocycles. The molecule has 0 atom stereocenters. The van der Waals surface area contributed by atoms with Crippen LogP contribution in [-0.2, 0) is 22.4 Å². The molecule has 0 amide bonds. The van der Waals surface area contributed by atoms with Gasteiger partial charge in [0.2, 0.25) is 0 Å². The Hall–Kier alpha value is -2.25. The minimum Gasteiger partial charge on any atom is -0.463 e. The highest BCUT2D eigenvalue weighted by Crippen LogP contribution is 2.12. The molecule has 3 nitrogen and oxygen atoms in total. The van der Waals surface area contributed by atoms with Crippen LogP contribution in [0.1, 0.15) is 37.1 Å². The van der Waals surface area contributed by atoms with Gasteiger partial charge < -0.3 is 10.1 Å². The summed E-state index contributed by atoms with van der Waals surface area (Å²) < 4.78 is 5.14. The second kappa shape index (κ2) is 10.6. The van der Waals surface area contributed by atoms with E-state index in [0.717, 1.165) is 30.6 Å². The number of anilines is 1. The fourth-order valence-corrected chi connectivity index (χ4v) is 2.92. The third kappa shape index (κ3) is 7.91. The Morgan fingerprint density at radius 3 is 2.68 bits per heavy atom. The molecule has 1 aromatic carbocycles. The lowest BCUT2D eigenvalue weighted by Crippen LogP contribution is -2.11. The van der Waals surface area contributed by atoms with E-state index in [0.29, 0.717) is 12.8 Å². The van der Waals surface area contributed by atoms with Crippen LogP contribution in [0.5, 0.6) is 0 Å². The highest BCUT2D eigenvalue weighted by atomic mass is 32.1. The van der Waals surface area contributed by atoms with Crippen molar-refractivity contribution < 1.29 is 9.53 Å². The summed E-state index contributed by atoms with van der Waals surface area (Å²) in [6.45, 7) is 4.56. The summed E-state index contributed by atoms with van der Waals surface area (Å²) in [5.74, 6) is 6.26. The molecule has 0 saturated carbocycles. The highest BCUT2D eigenvalue weighted by Gasteiger charge is 2.05. The van der Waals surface area contributed by atoms with Crippen molar-refractivity contribution in [2.75, 3.05) is 11.9 Å². The molecule has 0 fully saturated rings. The number of hydrogen-bond acceptors (Lipinski definition) is 4. The summed E-state index contributed by atoms with van der Waals surface area (Å²) in [4.78, 5) is 12.9. The largest absolute Gasteiger partial charge is 0.463 e. The van der Waals surface area contributed by atoms with Crippen LogP contribution in [0.2, 0.25) is 0 Å². The van der Waals surface area contributed by atoms with Gasteiger partial charge in [0, 0.05) is 36.4 Å². The van der Waals surface area contributed by atoms with Crippen molar-refractivity contribution in [1.29, 1.82) is 0 Å². The van der Waals surface area contributed by atoms with Crippen LogP contribution in [0.3, 0.4) is 0 Å². The summed E-state index contributed by atoms with van der Waals surface area (Å²) in [6, 6.07) is 12.4. The Morgan fingerprint density at radius 1 is 1.20 bits per heavy atom. The molecule has 0 saturated heterocycles. The first-order chi connectivity index (χ1) is 12.1. The van der Waals surface area contributed by atoms with Crippen LogP contribution in [-0.4, -0.2) is 18.6 Å². The lowest BCUT2D eigenvalue weighted by molar-refractivity contribution is -0.147. The maximum Gasteiger partial charge on any atom is 0.306 e. The number of thiophene rings is 1. The number of carbonyl (C=O) groups excluding carboxylic acids is 1. The maximum atomic E-state index is 11.5. The van der Waals surface area contributed by atoms with Crippen LogP contribution < -0.4 is 5.32 Å². The molecule has 0 aliphatic heterocycles. The summed E-state index contributed by atoms with van der Waals surface area (Å²) in [6.07, 6.45) is 2.75. The number of esters is 1.